The summed E-state index contributed by atoms with van der Waals surface area (Å²) in [7, 11) is -2.06. The number of fused-ring (bicyclic) bond motifs is 3. The lowest BCUT2D eigenvalue weighted by molar-refractivity contribution is -0.145. The minimum absolute atomic E-state index is 0.0296. The summed E-state index contributed by atoms with van der Waals surface area (Å²) in [6.07, 6.45) is -1.05. The molecule has 3 unspecified atom stereocenters. The highest BCUT2D eigenvalue weighted by atomic mass is 32.7. The first-order valence-corrected chi connectivity index (χ1v) is 16.7. The number of nitrogens with two attached hydrogens (primary N) is 1. The van der Waals surface area contributed by atoms with Crippen LogP contribution in [0.1, 0.15) is 12.5 Å². The minimum Gasteiger partial charge on any atom is -0.385 e. The topological polar surface area (TPSA) is 220 Å². The number of halogens is 1. The molecule has 4 aromatic heterocycles. The molecule has 0 aromatic carbocycles. The number of rotatable bonds is 3. The van der Waals surface area contributed by atoms with Gasteiger partial charge in [-0.2, -0.15) is 4.98 Å². The Morgan fingerprint density at radius 1 is 1.12 bits per heavy atom. The molecule has 2 aliphatic heterocycles. The van der Waals surface area contributed by atoms with Crippen LogP contribution in [-0.2, 0) is 23.3 Å². The monoisotopic (exact) mass is 677 g/mol. The standard InChI is InChI=1S/C21H25FN9O8PS3/c1-43-19-12(32)18(31-6-27-11-14(31)28-20(23)29-16(11)34)39-40(42)36-3-8-7(2-35-21(41)38-19)9(22)17(37-8)30-5-26-10-13(30)24-4-25-15(10)33/h4-9,12,17-19,21,32,41-42H,2-3H2,1H3,(H,24,25,33)(H3,23,28,29,34)/t7-,8-,9+,12+,17-,18-,19?,21?,40?/m1/s1. The third kappa shape index (κ3) is 5.90. The van der Waals surface area contributed by atoms with E-state index in [2.05, 4.69) is 54.8 Å². The second kappa shape index (κ2) is 12.6. The number of nitrogens with zero attached hydrogens (tertiary/aromatic N) is 6. The van der Waals surface area contributed by atoms with Crippen molar-refractivity contribution < 1.29 is 32.8 Å². The molecule has 22 heteroatoms. The molecule has 4 aromatic rings. The van der Waals surface area contributed by atoms with E-state index in [1.165, 1.54) is 28.1 Å². The highest BCUT2D eigenvalue weighted by molar-refractivity contribution is 8.41. The molecular weight excluding hydrogens is 652 g/mol. The van der Waals surface area contributed by atoms with Gasteiger partial charge < -0.3 is 34.6 Å². The van der Waals surface area contributed by atoms with Crippen molar-refractivity contribution in [2.75, 3.05) is 25.2 Å². The Morgan fingerprint density at radius 2 is 1.84 bits per heavy atom. The summed E-state index contributed by atoms with van der Waals surface area (Å²) in [6.45, 7) is -0.395. The van der Waals surface area contributed by atoms with Crippen molar-refractivity contribution in [1.82, 2.24) is 39.0 Å². The normalized spacial score (nSPS) is 32.7. The van der Waals surface area contributed by atoms with Crippen LogP contribution in [0.5, 0.6) is 0 Å². The number of thioether (sulfide) groups is 1. The van der Waals surface area contributed by atoms with Crippen LogP contribution < -0.4 is 16.9 Å². The van der Waals surface area contributed by atoms with Crippen molar-refractivity contribution in [2.45, 2.75) is 41.9 Å². The molecule has 5 N–H and O–H groups in total. The largest absolute Gasteiger partial charge is 0.385 e. The summed E-state index contributed by atoms with van der Waals surface area (Å²) >= 11 is 9.90. The van der Waals surface area contributed by atoms with Crippen molar-refractivity contribution in [3.8, 4) is 0 Å². The fourth-order valence-electron chi connectivity index (χ4n) is 4.83. The van der Waals surface area contributed by atoms with Crippen LogP contribution in [0.4, 0.5) is 10.3 Å². The van der Waals surface area contributed by atoms with E-state index in [1.807, 2.05) is 0 Å². The SMILES string of the molecule is CSC1OC(S)OC[C@H]2[C@H](F)[C@H](n3cnc4c(=O)[nH]cnc43)O[C@@H]2COP(S)O[C@@H](n2cnc3c(=O)[nH]c(N)nc32)[C@@H]1O. The number of H-pyrrole nitrogens is 2. The lowest BCUT2D eigenvalue weighted by Gasteiger charge is -2.31. The van der Waals surface area contributed by atoms with E-state index in [9.17, 15) is 14.7 Å². The Kier molecular flexibility index (Phi) is 8.98. The second-order valence-electron chi connectivity index (χ2n) is 9.41. The van der Waals surface area contributed by atoms with Gasteiger partial charge >= 0.3 is 0 Å². The number of nitrogen functional groups attached to an aromatic ring is 1. The Morgan fingerprint density at radius 3 is 2.58 bits per heavy atom. The van der Waals surface area contributed by atoms with Gasteiger partial charge in [0.25, 0.3) is 11.1 Å². The summed E-state index contributed by atoms with van der Waals surface area (Å²) < 4.78 is 48.2. The number of anilines is 1. The van der Waals surface area contributed by atoms with Crippen molar-refractivity contribution in [3.63, 3.8) is 0 Å². The van der Waals surface area contributed by atoms with Crippen LogP contribution >= 0.6 is 44.2 Å². The van der Waals surface area contributed by atoms with Crippen LogP contribution in [0.3, 0.4) is 0 Å². The highest BCUT2D eigenvalue weighted by Gasteiger charge is 2.48. The number of hydrogen-bond donors (Lipinski definition) is 6. The van der Waals surface area contributed by atoms with Crippen LogP contribution in [-0.4, -0.2) is 93.1 Å². The lowest BCUT2D eigenvalue weighted by Crippen LogP contribution is -2.38. The molecule has 2 saturated heterocycles. The molecule has 0 saturated carbocycles. The van der Waals surface area contributed by atoms with Gasteiger partial charge in [-0.1, -0.05) is 12.2 Å². The van der Waals surface area contributed by atoms with Crippen molar-refractivity contribution in [2.24, 2.45) is 5.92 Å². The maximum atomic E-state index is 16.0. The molecule has 6 heterocycles. The van der Waals surface area contributed by atoms with Crippen LogP contribution in [0, 0.1) is 5.92 Å². The van der Waals surface area contributed by atoms with E-state index < -0.39 is 66.5 Å². The van der Waals surface area contributed by atoms with Crippen molar-refractivity contribution in [1.29, 1.82) is 0 Å². The molecule has 2 fully saturated rings. The molecule has 2 aliphatic rings. The Balaban J connectivity index is 1.30. The van der Waals surface area contributed by atoms with Crippen LogP contribution in [0.15, 0.2) is 28.6 Å². The number of nitrogens with one attached hydrogen (secondary N) is 2. The van der Waals surface area contributed by atoms with Crippen molar-refractivity contribution >= 4 is 72.5 Å². The lowest BCUT2D eigenvalue weighted by atomic mass is 10.0. The zero-order valence-electron chi connectivity index (χ0n) is 22.0. The molecule has 0 radical (unpaired) electrons. The third-order valence-corrected chi connectivity index (χ3v) is 9.39. The van der Waals surface area contributed by atoms with E-state index in [1.54, 1.807) is 6.26 Å². The molecule has 0 bridgehead atoms. The number of aromatic nitrogens is 8. The number of aliphatic hydroxyl groups excluding tert-OH is 1. The van der Waals surface area contributed by atoms with E-state index in [-0.39, 0.29) is 41.5 Å². The summed E-state index contributed by atoms with van der Waals surface area (Å²) in [6, 6.07) is 0. The van der Waals surface area contributed by atoms with Gasteiger partial charge in [-0.05, 0) is 6.26 Å². The van der Waals surface area contributed by atoms with Gasteiger partial charge in [0.15, 0.2) is 41.0 Å². The van der Waals surface area contributed by atoms with Gasteiger partial charge in [-0.25, -0.2) is 19.3 Å². The second-order valence-corrected chi connectivity index (χ2v) is 12.7. The average molecular weight is 678 g/mol. The fraction of sp³-hybridized carbons (Fsp3) is 0.524. The summed E-state index contributed by atoms with van der Waals surface area (Å²) in [5.41, 5.74) is 2.63. The summed E-state index contributed by atoms with van der Waals surface area (Å²) in [4.78, 5) is 45.7. The molecule has 17 nitrogen and oxygen atoms in total. The van der Waals surface area contributed by atoms with E-state index >= 15 is 4.39 Å². The summed E-state index contributed by atoms with van der Waals surface area (Å²) in [5.74, 6) is -1.06. The van der Waals surface area contributed by atoms with Gasteiger partial charge in [0.05, 0.1) is 38.3 Å². The molecule has 232 valence electrons. The highest BCUT2D eigenvalue weighted by Crippen LogP contribution is 2.50. The number of aromatic amines is 2. The van der Waals surface area contributed by atoms with E-state index in [4.69, 9.17) is 29.0 Å². The first-order chi connectivity index (χ1) is 20.7. The molecule has 43 heavy (non-hydrogen) atoms. The fourth-order valence-corrected chi connectivity index (χ4v) is 6.99. The maximum absolute atomic E-state index is 16.0. The number of imidazole rings is 2. The van der Waals surface area contributed by atoms with Gasteiger partial charge in [0.1, 0.15) is 11.5 Å². The molecular formula is C21H25FN9O8PS3. The van der Waals surface area contributed by atoms with E-state index in [0.29, 0.717) is 0 Å². The predicted octanol–water partition coefficient (Wildman–Crippen LogP) is 0.685. The zero-order valence-corrected chi connectivity index (χ0v) is 25.5. The molecule has 0 spiro atoms. The predicted molar refractivity (Wildman–Crippen MR) is 158 cm³/mol. The number of thiol groups is 2. The Hall–Kier alpha value is -2.33. The quantitative estimate of drug-likeness (QED) is 0.130. The number of ether oxygens (including phenoxy) is 3. The van der Waals surface area contributed by atoms with Gasteiger partial charge in [-0.15, -0.1) is 24.4 Å². The smallest absolute Gasteiger partial charge is 0.280 e. The van der Waals surface area contributed by atoms with Crippen molar-refractivity contribution in [3.05, 3.63) is 39.7 Å². The molecule has 0 aliphatic carbocycles. The van der Waals surface area contributed by atoms with Gasteiger partial charge in [-0.3, -0.25) is 28.2 Å². The number of alkyl halides is 1. The van der Waals surface area contributed by atoms with Gasteiger partial charge in [0, 0.05) is 5.92 Å². The number of hydrogen-bond acceptors (Lipinski definition) is 16. The molecule has 9 atom stereocenters. The summed E-state index contributed by atoms with van der Waals surface area (Å²) in [5, 5.41) is 11.4. The Bertz CT molecular complexity index is 1730. The minimum atomic E-state index is -2.06. The van der Waals surface area contributed by atoms with E-state index in [0.717, 1.165) is 11.8 Å². The average Bonchev–Trinajstić information content (AvgIpc) is 3.67. The Labute approximate surface area is 256 Å². The number of aliphatic hydroxyl groups is 1. The van der Waals surface area contributed by atoms with Crippen LogP contribution in [0.25, 0.3) is 22.3 Å². The third-order valence-electron chi connectivity index (χ3n) is 6.87. The first kappa shape index (κ1) is 30.7. The first-order valence-electron chi connectivity index (χ1n) is 12.5. The van der Waals surface area contributed by atoms with Gasteiger partial charge in [0.2, 0.25) is 19.1 Å². The molecule has 0 amide bonds. The maximum Gasteiger partial charge on any atom is 0.280 e. The molecule has 6 rings (SSSR count). The zero-order chi connectivity index (χ0) is 30.4. The van der Waals surface area contributed by atoms with Crippen LogP contribution in [0.2, 0.25) is 0 Å².